The van der Waals surface area contributed by atoms with Gasteiger partial charge in [0.25, 0.3) is 0 Å². The topological polar surface area (TPSA) is 67.2 Å². The zero-order valence-corrected chi connectivity index (χ0v) is 9.44. The van der Waals surface area contributed by atoms with Gasteiger partial charge in [-0.3, -0.25) is 9.48 Å². The molecule has 1 aromatic heterocycles. The normalized spacial score (nSPS) is 18.6. The lowest BCUT2D eigenvalue weighted by atomic mass is 9.98. The number of carbonyl (C=O) groups excluding carboxylic acids is 1. The molecule has 2 N–H and O–H groups in total. The first-order chi connectivity index (χ1) is 7.57. The average Bonchev–Trinajstić information content (AvgIpc) is 2.75. The van der Waals surface area contributed by atoms with E-state index in [0.717, 1.165) is 25.7 Å². The standard InChI is InChI=1S/C11H17N3O2/c1-14-8-9(7-12-14)13-10(15)6-11(16)4-2-3-5-11/h7-8,16H,2-6H2,1H3,(H,13,15). The minimum absolute atomic E-state index is 0.141. The molecule has 5 heteroatoms. The van der Waals surface area contributed by atoms with Gasteiger partial charge in [0.15, 0.2) is 0 Å². The van der Waals surface area contributed by atoms with E-state index in [2.05, 4.69) is 10.4 Å². The Bertz CT molecular complexity index is 380. The van der Waals surface area contributed by atoms with Crippen LogP contribution in [0.25, 0.3) is 0 Å². The number of rotatable bonds is 3. The number of aliphatic hydroxyl groups is 1. The van der Waals surface area contributed by atoms with Gasteiger partial charge in [0.1, 0.15) is 0 Å². The van der Waals surface area contributed by atoms with Gasteiger partial charge >= 0.3 is 0 Å². The monoisotopic (exact) mass is 223 g/mol. The summed E-state index contributed by atoms with van der Waals surface area (Å²) in [6, 6.07) is 0. The van der Waals surface area contributed by atoms with Gasteiger partial charge in [0.2, 0.25) is 5.91 Å². The number of anilines is 1. The summed E-state index contributed by atoms with van der Waals surface area (Å²) >= 11 is 0. The predicted molar refractivity (Wildman–Crippen MR) is 59.9 cm³/mol. The van der Waals surface area contributed by atoms with Crippen LogP contribution < -0.4 is 5.32 Å². The molecule has 0 unspecified atom stereocenters. The molecule has 0 aliphatic heterocycles. The number of amides is 1. The highest BCUT2D eigenvalue weighted by molar-refractivity contribution is 5.91. The van der Waals surface area contributed by atoms with Crippen molar-refractivity contribution in [3.63, 3.8) is 0 Å². The van der Waals surface area contributed by atoms with E-state index >= 15 is 0 Å². The van der Waals surface area contributed by atoms with Crippen molar-refractivity contribution in [2.45, 2.75) is 37.7 Å². The molecule has 1 amide bonds. The van der Waals surface area contributed by atoms with Crippen LogP contribution in [-0.4, -0.2) is 26.4 Å². The van der Waals surface area contributed by atoms with Crippen molar-refractivity contribution in [1.82, 2.24) is 9.78 Å². The Morgan fingerprint density at radius 1 is 1.62 bits per heavy atom. The first kappa shape index (κ1) is 11.1. The fraction of sp³-hybridized carbons (Fsp3) is 0.636. The first-order valence-electron chi connectivity index (χ1n) is 5.58. The van der Waals surface area contributed by atoms with E-state index in [1.807, 2.05) is 0 Å². The quantitative estimate of drug-likeness (QED) is 0.805. The molecule has 0 aromatic carbocycles. The number of carbonyl (C=O) groups is 1. The lowest BCUT2D eigenvalue weighted by Crippen LogP contribution is -2.30. The van der Waals surface area contributed by atoms with Crippen molar-refractivity contribution in [3.05, 3.63) is 12.4 Å². The molecule has 0 spiro atoms. The maximum Gasteiger partial charge on any atom is 0.227 e. The molecule has 5 nitrogen and oxygen atoms in total. The molecular formula is C11H17N3O2. The Morgan fingerprint density at radius 3 is 2.88 bits per heavy atom. The van der Waals surface area contributed by atoms with E-state index in [-0.39, 0.29) is 12.3 Å². The van der Waals surface area contributed by atoms with E-state index in [1.165, 1.54) is 0 Å². The minimum atomic E-state index is -0.785. The van der Waals surface area contributed by atoms with Crippen LogP contribution in [0.4, 0.5) is 5.69 Å². The highest BCUT2D eigenvalue weighted by Crippen LogP contribution is 2.32. The third kappa shape index (κ3) is 2.61. The summed E-state index contributed by atoms with van der Waals surface area (Å²) in [6.45, 7) is 0. The fourth-order valence-electron chi connectivity index (χ4n) is 2.20. The van der Waals surface area contributed by atoms with E-state index < -0.39 is 5.60 Å². The Hall–Kier alpha value is -1.36. The molecule has 88 valence electrons. The SMILES string of the molecule is Cn1cc(NC(=O)CC2(O)CCCC2)cn1. The van der Waals surface area contributed by atoms with Gasteiger partial charge in [0, 0.05) is 13.2 Å². The van der Waals surface area contributed by atoms with Gasteiger partial charge in [-0.25, -0.2) is 0 Å². The summed E-state index contributed by atoms with van der Waals surface area (Å²) in [5.74, 6) is -0.141. The maximum atomic E-state index is 11.7. The van der Waals surface area contributed by atoms with E-state index in [9.17, 15) is 9.90 Å². The molecule has 1 saturated carbocycles. The van der Waals surface area contributed by atoms with Gasteiger partial charge in [-0.05, 0) is 12.8 Å². The molecule has 16 heavy (non-hydrogen) atoms. The van der Waals surface area contributed by atoms with Crippen molar-refractivity contribution in [2.75, 3.05) is 5.32 Å². The van der Waals surface area contributed by atoms with Crippen LogP contribution in [-0.2, 0) is 11.8 Å². The molecule has 0 saturated heterocycles. The molecular weight excluding hydrogens is 206 g/mol. The highest BCUT2D eigenvalue weighted by atomic mass is 16.3. The summed E-state index contributed by atoms with van der Waals surface area (Å²) in [7, 11) is 1.79. The summed E-state index contributed by atoms with van der Waals surface area (Å²) < 4.78 is 1.62. The Labute approximate surface area is 94.5 Å². The average molecular weight is 223 g/mol. The fourth-order valence-corrected chi connectivity index (χ4v) is 2.20. The second-order valence-electron chi connectivity index (χ2n) is 4.56. The van der Waals surface area contributed by atoms with Gasteiger partial charge in [-0.1, -0.05) is 12.8 Å². The number of nitrogens with zero attached hydrogens (tertiary/aromatic N) is 2. The van der Waals surface area contributed by atoms with Crippen LogP contribution in [0.15, 0.2) is 12.4 Å². The summed E-state index contributed by atoms with van der Waals surface area (Å²) in [6.07, 6.45) is 6.99. The molecule has 0 radical (unpaired) electrons. The number of hydrogen-bond donors (Lipinski definition) is 2. The van der Waals surface area contributed by atoms with Crippen LogP contribution in [0.1, 0.15) is 32.1 Å². The zero-order chi connectivity index (χ0) is 11.6. The van der Waals surface area contributed by atoms with Crippen molar-refractivity contribution >= 4 is 11.6 Å². The second-order valence-corrected chi connectivity index (χ2v) is 4.56. The van der Waals surface area contributed by atoms with Crippen LogP contribution in [0, 0.1) is 0 Å². The minimum Gasteiger partial charge on any atom is -0.389 e. The van der Waals surface area contributed by atoms with Crippen LogP contribution >= 0.6 is 0 Å². The molecule has 0 atom stereocenters. The summed E-state index contributed by atoms with van der Waals surface area (Å²) in [5.41, 5.74) is -0.110. The Morgan fingerprint density at radius 2 is 2.31 bits per heavy atom. The van der Waals surface area contributed by atoms with Gasteiger partial charge < -0.3 is 10.4 Å². The van der Waals surface area contributed by atoms with Gasteiger partial charge in [0.05, 0.1) is 23.9 Å². The van der Waals surface area contributed by atoms with E-state index in [0.29, 0.717) is 5.69 Å². The summed E-state index contributed by atoms with van der Waals surface area (Å²) in [5, 5.41) is 16.8. The van der Waals surface area contributed by atoms with Crippen molar-refractivity contribution in [1.29, 1.82) is 0 Å². The summed E-state index contributed by atoms with van der Waals surface area (Å²) in [4.78, 5) is 11.7. The Balaban J connectivity index is 1.89. The lowest BCUT2D eigenvalue weighted by molar-refractivity contribution is -0.120. The third-order valence-corrected chi connectivity index (χ3v) is 3.01. The second kappa shape index (κ2) is 4.25. The maximum absolute atomic E-state index is 11.7. The molecule has 1 aliphatic carbocycles. The molecule has 1 aliphatic rings. The first-order valence-corrected chi connectivity index (χ1v) is 5.58. The number of nitrogens with one attached hydrogen (secondary N) is 1. The molecule has 2 rings (SSSR count). The molecule has 1 heterocycles. The van der Waals surface area contributed by atoms with Crippen molar-refractivity contribution in [2.24, 2.45) is 7.05 Å². The lowest BCUT2D eigenvalue weighted by Gasteiger charge is -2.20. The number of aromatic nitrogens is 2. The van der Waals surface area contributed by atoms with Gasteiger partial charge in [-0.15, -0.1) is 0 Å². The largest absolute Gasteiger partial charge is 0.389 e. The number of aryl methyl sites for hydroxylation is 1. The molecule has 0 bridgehead atoms. The van der Waals surface area contributed by atoms with Crippen LogP contribution in [0.5, 0.6) is 0 Å². The molecule has 1 fully saturated rings. The predicted octanol–water partition coefficient (Wildman–Crippen LogP) is 1.05. The third-order valence-electron chi connectivity index (χ3n) is 3.01. The Kier molecular flexibility index (Phi) is 2.96. The van der Waals surface area contributed by atoms with Crippen molar-refractivity contribution < 1.29 is 9.90 Å². The number of hydrogen-bond acceptors (Lipinski definition) is 3. The van der Waals surface area contributed by atoms with Gasteiger partial charge in [-0.2, -0.15) is 5.10 Å². The zero-order valence-electron chi connectivity index (χ0n) is 9.44. The smallest absolute Gasteiger partial charge is 0.227 e. The van der Waals surface area contributed by atoms with Crippen molar-refractivity contribution in [3.8, 4) is 0 Å². The van der Waals surface area contributed by atoms with E-state index in [1.54, 1.807) is 24.1 Å². The van der Waals surface area contributed by atoms with Crippen LogP contribution in [0.2, 0.25) is 0 Å². The van der Waals surface area contributed by atoms with Crippen LogP contribution in [0.3, 0.4) is 0 Å². The van der Waals surface area contributed by atoms with E-state index in [4.69, 9.17) is 0 Å². The molecule has 1 aromatic rings. The highest BCUT2D eigenvalue weighted by Gasteiger charge is 2.33.